The largest absolute Gasteiger partial charge is 0.329 e. The zero-order chi connectivity index (χ0) is 11.5. The van der Waals surface area contributed by atoms with Gasteiger partial charge in [-0.2, -0.15) is 0 Å². The van der Waals surface area contributed by atoms with Gasteiger partial charge in [0.15, 0.2) is 5.16 Å². The predicted octanol–water partition coefficient (Wildman–Crippen LogP) is 2.68. The molecule has 2 N–H and O–H groups in total. The van der Waals surface area contributed by atoms with Crippen LogP contribution in [-0.4, -0.2) is 9.55 Å². The number of nitrogens with two attached hydrogens (primary N) is 1. The van der Waals surface area contributed by atoms with Crippen LogP contribution in [0.15, 0.2) is 40.6 Å². The molecule has 1 heterocycles. The number of hydrogen-bond acceptors (Lipinski definition) is 3. The highest BCUT2D eigenvalue weighted by Crippen LogP contribution is 2.29. The molecule has 0 amide bonds. The van der Waals surface area contributed by atoms with Crippen LogP contribution in [0.4, 0.5) is 0 Å². The molecule has 0 fully saturated rings. The molecule has 84 valence electrons. The van der Waals surface area contributed by atoms with Crippen molar-refractivity contribution in [3.8, 4) is 0 Å². The smallest absolute Gasteiger partial charge is 0.172 e. The molecule has 1 aromatic heterocycles. The second kappa shape index (κ2) is 4.91. The van der Waals surface area contributed by atoms with Crippen LogP contribution in [0.5, 0.6) is 0 Å². The first kappa shape index (κ1) is 11.5. The molecule has 0 aliphatic carbocycles. The first-order valence-corrected chi connectivity index (χ1v) is 6.04. The van der Waals surface area contributed by atoms with Crippen molar-refractivity contribution in [2.75, 3.05) is 0 Å². The second-order valence-electron chi connectivity index (χ2n) is 3.38. The molecule has 0 bridgehead atoms. The van der Waals surface area contributed by atoms with Crippen molar-refractivity contribution in [2.24, 2.45) is 12.8 Å². The summed E-state index contributed by atoms with van der Waals surface area (Å²) >= 11 is 7.67. The van der Waals surface area contributed by atoms with E-state index in [0.29, 0.717) is 11.6 Å². The van der Waals surface area contributed by atoms with E-state index in [-0.39, 0.29) is 0 Å². The Bertz CT molecular complexity index is 496. The lowest BCUT2D eigenvalue weighted by molar-refractivity contribution is 0.790. The minimum Gasteiger partial charge on any atom is -0.329 e. The number of aromatic nitrogens is 2. The average molecular weight is 254 g/mol. The summed E-state index contributed by atoms with van der Waals surface area (Å²) in [6.45, 7) is 0.464. The molecule has 0 radical (unpaired) electrons. The number of hydrogen-bond donors (Lipinski definition) is 1. The number of nitrogens with zero attached hydrogens (tertiary/aromatic N) is 2. The van der Waals surface area contributed by atoms with E-state index < -0.39 is 0 Å². The quantitative estimate of drug-likeness (QED) is 0.915. The normalized spacial score (nSPS) is 10.7. The molecule has 0 atom stereocenters. The molecule has 0 saturated heterocycles. The number of benzene rings is 1. The summed E-state index contributed by atoms with van der Waals surface area (Å²) < 4.78 is 1.97. The monoisotopic (exact) mass is 253 g/mol. The molecule has 0 unspecified atom stereocenters. The Morgan fingerprint density at radius 3 is 2.88 bits per heavy atom. The Labute approximate surface area is 104 Å². The topological polar surface area (TPSA) is 43.8 Å². The van der Waals surface area contributed by atoms with E-state index in [1.54, 1.807) is 18.0 Å². The lowest BCUT2D eigenvalue weighted by atomic mass is 10.2. The van der Waals surface area contributed by atoms with Crippen molar-refractivity contribution >= 4 is 23.4 Å². The third kappa shape index (κ3) is 2.40. The first-order chi connectivity index (χ1) is 7.70. The van der Waals surface area contributed by atoms with E-state index in [2.05, 4.69) is 4.98 Å². The van der Waals surface area contributed by atoms with Gasteiger partial charge in [-0.1, -0.05) is 29.4 Å². The lowest BCUT2D eigenvalue weighted by Crippen LogP contribution is -1.97. The van der Waals surface area contributed by atoms with E-state index in [1.165, 1.54) is 0 Å². The molecular weight excluding hydrogens is 242 g/mol. The fourth-order valence-electron chi connectivity index (χ4n) is 1.31. The summed E-state index contributed by atoms with van der Waals surface area (Å²) in [7, 11) is 1.96. The summed E-state index contributed by atoms with van der Waals surface area (Å²) in [5.74, 6) is 0. The lowest BCUT2D eigenvalue weighted by Gasteiger charge is -2.05. The minimum atomic E-state index is 0.464. The fourth-order valence-corrected chi connectivity index (χ4v) is 2.48. The molecule has 2 aromatic rings. The van der Waals surface area contributed by atoms with Gasteiger partial charge < -0.3 is 10.3 Å². The Morgan fingerprint density at radius 2 is 2.31 bits per heavy atom. The molecule has 2 rings (SSSR count). The standard InChI is InChI=1S/C11H12ClN3S/c1-15-5-4-14-11(15)16-9-3-2-8(7-13)10(12)6-9/h2-6H,7,13H2,1H3. The molecule has 16 heavy (non-hydrogen) atoms. The maximum absolute atomic E-state index is 6.09. The highest BCUT2D eigenvalue weighted by molar-refractivity contribution is 7.99. The van der Waals surface area contributed by atoms with Gasteiger partial charge in [-0.25, -0.2) is 4.98 Å². The van der Waals surface area contributed by atoms with Gasteiger partial charge in [-0.3, -0.25) is 0 Å². The number of imidazole rings is 1. The highest BCUT2D eigenvalue weighted by Gasteiger charge is 2.05. The Kier molecular flexibility index (Phi) is 3.53. The summed E-state index contributed by atoms with van der Waals surface area (Å²) in [5, 5.41) is 1.65. The van der Waals surface area contributed by atoms with Crippen LogP contribution in [0, 0.1) is 0 Å². The van der Waals surface area contributed by atoms with E-state index in [1.807, 2.05) is 36.0 Å². The fraction of sp³-hybridized carbons (Fsp3) is 0.182. The van der Waals surface area contributed by atoms with Gasteiger partial charge in [-0.15, -0.1) is 0 Å². The van der Waals surface area contributed by atoms with Crippen LogP contribution < -0.4 is 5.73 Å². The third-order valence-corrected chi connectivity index (χ3v) is 3.65. The van der Waals surface area contributed by atoms with E-state index in [4.69, 9.17) is 17.3 Å². The van der Waals surface area contributed by atoms with Crippen molar-refractivity contribution in [3.63, 3.8) is 0 Å². The zero-order valence-corrected chi connectivity index (χ0v) is 10.4. The minimum absolute atomic E-state index is 0.464. The molecule has 0 aliphatic rings. The Morgan fingerprint density at radius 1 is 1.50 bits per heavy atom. The SMILES string of the molecule is Cn1ccnc1Sc1ccc(CN)c(Cl)c1. The molecule has 1 aromatic carbocycles. The number of aryl methyl sites for hydroxylation is 1. The predicted molar refractivity (Wildman–Crippen MR) is 66.7 cm³/mol. The Hall–Kier alpha value is -0.970. The third-order valence-electron chi connectivity index (χ3n) is 2.23. The van der Waals surface area contributed by atoms with Crippen molar-refractivity contribution in [3.05, 3.63) is 41.2 Å². The van der Waals surface area contributed by atoms with Crippen molar-refractivity contribution in [2.45, 2.75) is 16.6 Å². The van der Waals surface area contributed by atoms with Crippen LogP contribution in [0.25, 0.3) is 0 Å². The first-order valence-electron chi connectivity index (χ1n) is 4.84. The van der Waals surface area contributed by atoms with E-state index in [9.17, 15) is 0 Å². The highest BCUT2D eigenvalue weighted by atomic mass is 35.5. The van der Waals surface area contributed by atoms with Crippen molar-refractivity contribution in [1.82, 2.24) is 9.55 Å². The van der Waals surface area contributed by atoms with Gasteiger partial charge in [-0.05, 0) is 17.7 Å². The van der Waals surface area contributed by atoms with Crippen LogP contribution in [0.2, 0.25) is 5.02 Å². The number of rotatable bonds is 3. The Balaban J connectivity index is 2.23. The molecule has 5 heteroatoms. The molecule has 0 spiro atoms. The second-order valence-corrected chi connectivity index (χ2v) is 4.83. The van der Waals surface area contributed by atoms with E-state index in [0.717, 1.165) is 15.6 Å². The summed E-state index contributed by atoms with van der Waals surface area (Å²) in [5.41, 5.74) is 6.52. The van der Waals surface area contributed by atoms with Crippen molar-refractivity contribution < 1.29 is 0 Å². The van der Waals surface area contributed by atoms with Gasteiger partial charge >= 0.3 is 0 Å². The molecular formula is C11H12ClN3S. The summed E-state index contributed by atoms with van der Waals surface area (Å²) in [4.78, 5) is 5.31. The molecule has 0 saturated carbocycles. The van der Waals surface area contributed by atoms with E-state index >= 15 is 0 Å². The van der Waals surface area contributed by atoms with Gasteiger partial charge in [0.2, 0.25) is 0 Å². The van der Waals surface area contributed by atoms with Crippen LogP contribution in [-0.2, 0) is 13.6 Å². The van der Waals surface area contributed by atoms with Crippen LogP contribution in [0.1, 0.15) is 5.56 Å². The summed E-state index contributed by atoms with van der Waals surface area (Å²) in [6, 6.07) is 5.88. The van der Waals surface area contributed by atoms with Gasteiger partial charge in [0.05, 0.1) is 0 Å². The zero-order valence-electron chi connectivity index (χ0n) is 8.85. The summed E-state index contributed by atoms with van der Waals surface area (Å²) in [6.07, 6.45) is 3.69. The van der Waals surface area contributed by atoms with Gasteiger partial charge in [0.1, 0.15) is 0 Å². The van der Waals surface area contributed by atoms with Gasteiger partial charge in [0, 0.05) is 35.9 Å². The molecule has 3 nitrogen and oxygen atoms in total. The maximum Gasteiger partial charge on any atom is 0.172 e. The molecule has 0 aliphatic heterocycles. The van der Waals surface area contributed by atoms with Crippen LogP contribution in [0.3, 0.4) is 0 Å². The average Bonchev–Trinajstić information content (AvgIpc) is 2.65. The van der Waals surface area contributed by atoms with Gasteiger partial charge in [0.25, 0.3) is 0 Å². The maximum atomic E-state index is 6.09. The van der Waals surface area contributed by atoms with Crippen molar-refractivity contribution in [1.29, 1.82) is 0 Å². The number of halogens is 1. The van der Waals surface area contributed by atoms with Crippen LogP contribution >= 0.6 is 23.4 Å².